The molecule has 10 nitrogen and oxygen atoms in total. The fraction of sp³-hybridized carbons (Fsp3) is 0.222. The Labute approximate surface area is 274 Å². The van der Waals surface area contributed by atoms with Gasteiger partial charge in [0.25, 0.3) is 0 Å². The highest BCUT2D eigenvalue weighted by molar-refractivity contribution is 7.92. The molecule has 0 aliphatic rings. The van der Waals surface area contributed by atoms with Crippen LogP contribution in [0.15, 0.2) is 84.9 Å². The number of rotatable bonds is 14. The normalized spacial score (nSPS) is 12.9. The maximum absolute atomic E-state index is 15.3. The quantitative estimate of drug-likeness (QED) is 0.149. The van der Waals surface area contributed by atoms with Crippen LogP contribution in [0.4, 0.5) is 0 Å². The highest BCUT2D eigenvalue weighted by Crippen LogP contribution is 2.50. The summed E-state index contributed by atoms with van der Waals surface area (Å²) in [6, 6.07) is 19.4. The van der Waals surface area contributed by atoms with E-state index in [0.29, 0.717) is 22.6 Å². The average molecular weight is 663 g/mol. The minimum atomic E-state index is -4.44. The number of sulfone groups is 1. The Morgan fingerprint density at radius 3 is 1.13 bits per heavy atom. The van der Waals surface area contributed by atoms with E-state index in [-0.39, 0.29) is 45.6 Å². The van der Waals surface area contributed by atoms with Crippen LogP contribution in [-0.4, -0.2) is 61.3 Å². The lowest BCUT2D eigenvalue weighted by atomic mass is 10.1. The largest absolute Gasteiger partial charge is 0.507 e. The lowest BCUT2D eigenvalue weighted by Gasteiger charge is -2.27. The van der Waals surface area contributed by atoms with Gasteiger partial charge < -0.3 is 38.6 Å². The first-order valence-electron chi connectivity index (χ1n) is 14.4. The van der Waals surface area contributed by atoms with Gasteiger partial charge in [-0.15, -0.1) is 0 Å². The molecular formula is C36H38O10S. The van der Waals surface area contributed by atoms with E-state index in [2.05, 4.69) is 0 Å². The zero-order valence-corrected chi connectivity index (χ0v) is 27.8. The van der Waals surface area contributed by atoms with Crippen molar-refractivity contribution in [2.45, 2.75) is 10.5 Å². The van der Waals surface area contributed by atoms with Crippen molar-refractivity contribution < 1.29 is 47.1 Å². The summed E-state index contributed by atoms with van der Waals surface area (Å²) < 4.78 is 64.3. The molecule has 0 radical (unpaired) electrons. The molecule has 248 valence electrons. The van der Waals surface area contributed by atoms with Crippen molar-refractivity contribution in [2.24, 2.45) is 0 Å². The number of hydrogen-bond donors (Lipinski definition) is 2. The van der Waals surface area contributed by atoms with Gasteiger partial charge in [-0.3, -0.25) is 0 Å². The second kappa shape index (κ2) is 15.3. The minimum Gasteiger partial charge on any atom is -0.507 e. The molecule has 0 bridgehead atoms. The van der Waals surface area contributed by atoms with Crippen LogP contribution in [0.5, 0.6) is 46.0 Å². The number of hydrogen-bond acceptors (Lipinski definition) is 10. The van der Waals surface area contributed by atoms with Gasteiger partial charge in [-0.25, -0.2) is 8.42 Å². The summed E-state index contributed by atoms with van der Waals surface area (Å²) in [6.45, 7) is 0. The van der Waals surface area contributed by atoms with E-state index < -0.39 is 20.3 Å². The summed E-state index contributed by atoms with van der Waals surface area (Å²) in [5, 5.41) is 18.2. The molecule has 2 atom stereocenters. The van der Waals surface area contributed by atoms with Gasteiger partial charge in [0.1, 0.15) is 56.5 Å². The number of phenols is 2. The van der Waals surface area contributed by atoms with E-state index in [1.807, 2.05) is 0 Å². The number of para-hydroxylation sites is 2. The molecule has 0 aromatic heterocycles. The van der Waals surface area contributed by atoms with E-state index in [4.69, 9.17) is 28.4 Å². The second-order valence-corrected chi connectivity index (χ2v) is 12.4. The van der Waals surface area contributed by atoms with Crippen LogP contribution in [-0.2, 0) is 9.84 Å². The molecule has 0 saturated heterocycles. The summed E-state index contributed by atoms with van der Waals surface area (Å²) in [6.07, 6.45) is 5.96. The maximum Gasteiger partial charge on any atom is 0.172 e. The molecule has 4 aromatic carbocycles. The predicted molar refractivity (Wildman–Crippen MR) is 181 cm³/mol. The number of phenolic OH excluding ortho intramolecular Hbond substituents is 2. The van der Waals surface area contributed by atoms with Crippen LogP contribution in [0.3, 0.4) is 0 Å². The van der Waals surface area contributed by atoms with E-state index in [1.165, 1.54) is 79.1 Å². The Hall–Kier alpha value is -5.29. The topological polar surface area (TPSA) is 130 Å². The fourth-order valence-electron chi connectivity index (χ4n) is 5.16. The van der Waals surface area contributed by atoms with Crippen LogP contribution >= 0.6 is 0 Å². The van der Waals surface area contributed by atoms with Gasteiger partial charge in [-0.05, 0) is 12.1 Å². The highest BCUT2D eigenvalue weighted by Gasteiger charge is 2.40. The third-order valence-corrected chi connectivity index (χ3v) is 9.76. The zero-order chi connectivity index (χ0) is 34.1. The molecule has 0 fully saturated rings. The summed E-state index contributed by atoms with van der Waals surface area (Å²) in [5.41, 5.74) is 1.16. The minimum absolute atomic E-state index is 0.0388. The smallest absolute Gasteiger partial charge is 0.172 e. The number of methoxy groups -OCH3 is 6. The van der Waals surface area contributed by atoms with Crippen LogP contribution in [0.2, 0.25) is 0 Å². The SMILES string of the molecule is COc1cc(OC)c(C(/C=C\c2ccccc2O)S(=O)(=O)C(/C=C\c2ccccc2O)c2c(OC)cc(OC)cc2OC)c(OC)c1. The fourth-order valence-corrected chi connectivity index (χ4v) is 7.20. The van der Waals surface area contributed by atoms with Crippen LogP contribution in [0.25, 0.3) is 12.2 Å². The first-order chi connectivity index (χ1) is 22.6. The average Bonchev–Trinajstić information content (AvgIpc) is 3.09. The Morgan fingerprint density at radius 1 is 0.532 bits per heavy atom. The lowest BCUT2D eigenvalue weighted by Crippen LogP contribution is -2.21. The van der Waals surface area contributed by atoms with Gasteiger partial charge in [0.2, 0.25) is 0 Å². The molecule has 0 spiro atoms. The van der Waals surface area contributed by atoms with E-state index in [0.717, 1.165) is 0 Å². The summed E-state index contributed by atoms with van der Waals surface area (Å²) >= 11 is 0. The van der Waals surface area contributed by atoms with Gasteiger partial charge in [0.05, 0.1) is 53.8 Å². The van der Waals surface area contributed by atoms with Crippen molar-refractivity contribution in [1.82, 2.24) is 0 Å². The molecule has 0 saturated carbocycles. The Bertz CT molecular complexity index is 1680. The third kappa shape index (κ3) is 7.41. The van der Waals surface area contributed by atoms with E-state index >= 15 is 8.42 Å². The van der Waals surface area contributed by atoms with Gasteiger partial charge in [0, 0.05) is 35.4 Å². The van der Waals surface area contributed by atoms with Gasteiger partial charge in [-0.1, -0.05) is 60.7 Å². The van der Waals surface area contributed by atoms with E-state index in [1.54, 1.807) is 60.7 Å². The van der Waals surface area contributed by atoms with Gasteiger partial charge >= 0.3 is 0 Å². The number of benzene rings is 4. The molecule has 11 heteroatoms. The van der Waals surface area contributed by atoms with Crippen molar-refractivity contribution in [1.29, 1.82) is 0 Å². The Morgan fingerprint density at radius 2 is 0.851 bits per heavy atom. The molecule has 4 rings (SSSR count). The second-order valence-electron chi connectivity index (χ2n) is 10.2. The molecule has 0 aliphatic carbocycles. The van der Waals surface area contributed by atoms with Crippen molar-refractivity contribution in [2.75, 3.05) is 42.7 Å². The summed E-state index contributed by atoms with van der Waals surface area (Å²) in [7, 11) is 4.17. The first kappa shape index (κ1) is 34.6. The molecule has 0 aliphatic heterocycles. The Kier molecular flexibility index (Phi) is 11.3. The van der Waals surface area contributed by atoms with Crippen LogP contribution < -0.4 is 28.4 Å². The van der Waals surface area contributed by atoms with Crippen molar-refractivity contribution >= 4 is 22.0 Å². The third-order valence-electron chi connectivity index (χ3n) is 7.56. The molecule has 0 heterocycles. The summed E-state index contributed by atoms with van der Waals surface area (Å²) in [4.78, 5) is 0. The first-order valence-corrected chi connectivity index (χ1v) is 16.0. The van der Waals surface area contributed by atoms with Crippen molar-refractivity contribution in [3.8, 4) is 46.0 Å². The predicted octanol–water partition coefficient (Wildman–Crippen LogP) is 6.77. The summed E-state index contributed by atoms with van der Waals surface area (Å²) in [5.74, 6) is 1.45. The van der Waals surface area contributed by atoms with E-state index in [9.17, 15) is 10.2 Å². The van der Waals surface area contributed by atoms with Crippen LogP contribution in [0, 0.1) is 0 Å². The molecule has 2 N–H and O–H groups in total. The number of aromatic hydroxyl groups is 2. The molecule has 47 heavy (non-hydrogen) atoms. The zero-order valence-electron chi connectivity index (χ0n) is 27.0. The molecular weight excluding hydrogens is 624 g/mol. The lowest BCUT2D eigenvalue weighted by molar-refractivity contribution is 0.368. The van der Waals surface area contributed by atoms with Gasteiger partial charge in [-0.2, -0.15) is 0 Å². The molecule has 4 aromatic rings. The number of ether oxygens (including phenoxy) is 6. The molecule has 2 unspecified atom stereocenters. The highest BCUT2D eigenvalue weighted by atomic mass is 32.2. The van der Waals surface area contributed by atoms with Crippen molar-refractivity contribution in [3.05, 3.63) is 107 Å². The van der Waals surface area contributed by atoms with Crippen molar-refractivity contribution in [3.63, 3.8) is 0 Å². The standard InChI is InChI=1S/C36H38O10S/c1-41-25-19-29(43-3)35(30(20-25)44-4)33(17-15-23-11-7-9-13-27(23)37)47(39,40)34(18-16-24-12-8-10-14-28(24)38)36-31(45-5)21-26(42-2)22-32(36)46-6/h7-22,33-34,37-38H,1-6H3/b17-15-,18-16-. The Balaban J connectivity index is 2.09. The van der Waals surface area contributed by atoms with Crippen LogP contribution in [0.1, 0.15) is 32.8 Å². The maximum atomic E-state index is 15.3. The van der Waals surface area contributed by atoms with Gasteiger partial charge in [0.15, 0.2) is 9.84 Å². The molecule has 0 amide bonds. The monoisotopic (exact) mass is 662 g/mol.